The first-order valence-corrected chi connectivity index (χ1v) is 18.1. The maximum absolute atomic E-state index is 10.8. The fourth-order valence-electron chi connectivity index (χ4n) is 5.25. The van der Waals surface area contributed by atoms with Crippen LogP contribution in [-0.2, 0) is 0 Å². The summed E-state index contributed by atoms with van der Waals surface area (Å²) in [4.78, 5) is 0. The summed E-state index contributed by atoms with van der Waals surface area (Å²) in [6.45, 7) is 19.7. The quantitative estimate of drug-likeness (QED) is 0.457. The highest BCUT2D eigenvalue weighted by atomic mass is 28.3. The molecule has 0 aromatic carbocycles. The lowest BCUT2D eigenvalue weighted by Gasteiger charge is -2.43. The highest BCUT2D eigenvalue weighted by Crippen LogP contribution is 2.48. The molecular weight excluding hydrogens is 348 g/mol. The Bertz CT molecular complexity index is 558. The van der Waals surface area contributed by atoms with E-state index in [-0.39, 0.29) is 6.10 Å². The predicted octanol–water partition coefficient (Wildman–Crippen LogP) is 7.12. The molecule has 1 saturated carbocycles. The molecule has 0 saturated heterocycles. The number of aliphatic hydroxyl groups excluding tert-OH is 1. The lowest BCUT2D eigenvalue weighted by atomic mass is 9.79. The summed E-state index contributed by atoms with van der Waals surface area (Å²) in [5, 5.41) is 14.5. The average molecular weight is 393 g/mol. The van der Waals surface area contributed by atoms with Crippen molar-refractivity contribution in [3.8, 4) is 0 Å². The molecule has 2 aliphatic carbocycles. The van der Waals surface area contributed by atoms with Crippen molar-refractivity contribution in [1.29, 1.82) is 0 Å². The van der Waals surface area contributed by atoms with Crippen LogP contribution >= 0.6 is 0 Å². The fraction of sp³-hybridized carbons (Fsp3) is 0.826. The second-order valence-electron chi connectivity index (χ2n) is 11.3. The van der Waals surface area contributed by atoms with Crippen LogP contribution in [0.1, 0.15) is 65.2 Å². The Hall–Kier alpha value is -0.126. The lowest BCUT2D eigenvalue weighted by Crippen LogP contribution is -2.39. The second-order valence-corrected chi connectivity index (χ2v) is 21.5. The molecule has 2 atom stereocenters. The van der Waals surface area contributed by atoms with Crippen molar-refractivity contribution in [2.45, 2.75) is 111 Å². The van der Waals surface area contributed by atoms with Gasteiger partial charge in [0.2, 0.25) is 0 Å². The molecule has 0 radical (unpaired) electrons. The van der Waals surface area contributed by atoms with Gasteiger partial charge >= 0.3 is 0 Å². The van der Waals surface area contributed by atoms with Crippen LogP contribution < -0.4 is 0 Å². The van der Waals surface area contributed by atoms with E-state index in [0.29, 0.717) is 11.8 Å². The fourth-order valence-corrected chi connectivity index (χ4v) is 9.92. The Morgan fingerprint density at radius 2 is 1.46 bits per heavy atom. The molecule has 2 rings (SSSR count). The van der Waals surface area contributed by atoms with Crippen molar-refractivity contribution in [3.05, 3.63) is 21.5 Å². The van der Waals surface area contributed by atoms with Gasteiger partial charge in [0.1, 0.15) is 0 Å². The van der Waals surface area contributed by atoms with Gasteiger partial charge in [0.05, 0.1) is 22.3 Å². The van der Waals surface area contributed by atoms with Crippen LogP contribution in [0.15, 0.2) is 21.5 Å². The van der Waals surface area contributed by atoms with E-state index in [0.717, 1.165) is 19.3 Å². The van der Waals surface area contributed by atoms with Crippen LogP contribution in [0.3, 0.4) is 0 Å². The smallest absolute Gasteiger partial charge is 0.0731 e. The number of fused-ring (bicyclic) bond motifs is 1. The van der Waals surface area contributed by atoms with Gasteiger partial charge in [-0.25, -0.2) is 0 Å². The third kappa shape index (κ3) is 5.45. The normalized spacial score (nSPS) is 23.5. The maximum Gasteiger partial charge on any atom is 0.0731 e. The van der Waals surface area contributed by atoms with Crippen LogP contribution in [0.2, 0.25) is 39.3 Å². The van der Waals surface area contributed by atoms with Crippen molar-refractivity contribution < 1.29 is 5.11 Å². The van der Waals surface area contributed by atoms with Crippen molar-refractivity contribution >= 4 is 16.1 Å². The molecule has 1 N–H and O–H groups in total. The van der Waals surface area contributed by atoms with Gasteiger partial charge in [-0.05, 0) is 74.3 Å². The maximum atomic E-state index is 10.8. The average Bonchev–Trinajstić information content (AvgIpc) is 2.49. The Morgan fingerprint density at radius 1 is 0.885 bits per heavy atom. The van der Waals surface area contributed by atoms with Crippen molar-refractivity contribution in [2.75, 3.05) is 0 Å². The van der Waals surface area contributed by atoms with Crippen LogP contribution in [0.5, 0.6) is 0 Å². The first-order valence-electron chi connectivity index (χ1n) is 11.1. The summed E-state index contributed by atoms with van der Waals surface area (Å²) in [7, 11) is -2.68. The number of allylic oxidation sites excluding steroid dienone is 4. The topological polar surface area (TPSA) is 20.2 Å². The van der Waals surface area contributed by atoms with E-state index in [2.05, 4.69) is 53.1 Å². The van der Waals surface area contributed by atoms with Crippen molar-refractivity contribution in [1.82, 2.24) is 0 Å². The Labute approximate surface area is 165 Å². The molecule has 1 fully saturated rings. The minimum Gasteiger partial charge on any atom is -0.393 e. The van der Waals surface area contributed by atoms with Crippen molar-refractivity contribution in [3.63, 3.8) is 0 Å². The Morgan fingerprint density at radius 3 is 1.96 bits per heavy atom. The third-order valence-electron chi connectivity index (χ3n) is 6.36. The van der Waals surface area contributed by atoms with Gasteiger partial charge in [-0.1, -0.05) is 63.5 Å². The molecule has 3 heteroatoms. The zero-order valence-corrected chi connectivity index (χ0v) is 20.8. The van der Waals surface area contributed by atoms with E-state index in [4.69, 9.17) is 0 Å². The molecular formula is C23H44OSi2. The molecule has 2 aliphatic rings. The molecule has 1 nitrogen and oxygen atoms in total. The van der Waals surface area contributed by atoms with E-state index >= 15 is 0 Å². The number of rotatable bonds is 7. The molecule has 0 bridgehead atoms. The largest absolute Gasteiger partial charge is 0.393 e. The first kappa shape index (κ1) is 22.2. The van der Waals surface area contributed by atoms with Gasteiger partial charge in [0.15, 0.2) is 0 Å². The number of hydrogen-bond acceptors (Lipinski definition) is 1. The van der Waals surface area contributed by atoms with Gasteiger partial charge in [-0.2, -0.15) is 0 Å². The monoisotopic (exact) mass is 392 g/mol. The zero-order valence-electron chi connectivity index (χ0n) is 18.8. The minimum atomic E-state index is -1.38. The van der Waals surface area contributed by atoms with Crippen molar-refractivity contribution in [2.24, 2.45) is 11.8 Å². The SMILES string of the molecule is CC(C)CC[C@@H](O)C[C@H]1CC([Si](C)(C)C)=C2CCCCC2=C1[Si](C)(C)C. The van der Waals surface area contributed by atoms with Gasteiger partial charge in [0, 0.05) is 0 Å². The van der Waals surface area contributed by atoms with E-state index in [9.17, 15) is 5.11 Å². The Balaban J connectivity index is 2.39. The standard InChI is InChI=1S/C23H44OSi2/c1-17(2)13-14-19(24)15-18-16-22(25(3,4)5)20-11-9-10-12-21(20)23(18)26(6,7)8/h17-19,24H,9-16H2,1-8H3/t18-,19+/m0/s1. The summed E-state index contributed by atoms with van der Waals surface area (Å²) in [5.41, 5.74) is 3.57. The molecule has 0 heterocycles. The van der Waals surface area contributed by atoms with E-state index in [1.807, 2.05) is 10.4 Å². The molecule has 26 heavy (non-hydrogen) atoms. The summed E-state index contributed by atoms with van der Waals surface area (Å²) in [6.07, 6.45) is 9.64. The highest BCUT2D eigenvalue weighted by molar-refractivity contribution is 6.84. The van der Waals surface area contributed by atoms with E-state index in [1.165, 1.54) is 32.1 Å². The number of hydrogen-bond donors (Lipinski definition) is 1. The van der Waals surface area contributed by atoms with Gasteiger partial charge < -0.3 is 5.11 Å². The van der Waals surface area contributed by atoms with Gasteiger partial charge in [0.25, 0.3) is 0 Å². The molecule has 0 aromatic heterocycles. The zero-order chi connectivity index (χ0) is 19.7. The summed E-state index contributed by atoms with van der Waals surface area (Å²) >= 11 is 0. The van der Waals surface area contributed by atoms with E-state index in [1.54, 1.807) is 11.1 Å². The summed E-state index contributed by atoms with van der Waals surface area (Å²) < 4.78 is 0. The molecule has 150 valence electrons. The first-order chi connectivity index (χ1) is 11.9. The number of aliphatic hydroxyl groups is 1. The second kappa shape index (κ2) is 8.49. The van der Waals surface area contributed by atoms with Gasteiger partial charge in [-0.3, -0.25) is 0 Å². The molecule has 0 aromatic rings. The highest BCUT2D eigenvalue weighted by Gasteiger charge is 2.39. The van der Waals surface area contributed by atoms with Crippen LogP contribution in [-0.4, -0.2) is 27.4 Å². The lowest BCUT2D eigenvalue weighted by molar-refractivity contribution is 0.132. The van der Waals surface area contributed by atoms with E-state index < -0.39 is 16.1 Å². The molecule has 0 aliphatic heterocycles. The Kier molecular flexibility index (Phi) is 7.23. The molecule has 0 unspecified atom stereocenters. The van der Waals surface area contributed by atoms with Crippen LogP contribution in [0, 0.1) is 11.8 Å². The van der Waals surface area contributed by atoms with Crippen LogP contribution in [0.25, 0.3) is 0 Å². The molecule has 0 spiro atoms. The third-order valence-corrected chi connectivity index (χ3v) is 11.0. The minimum absolute atomic E-state index is 0.123. The van der Waals surface area contributed by atoms with Gasteiger partial charge in [-0.15, -0.1) is 0 Å². The summed E-state index contributed by atoms with van der Waals surface area (Å²) in [5.74, 6) is 1.30. The molecule has 0 amide bonds. The van der Waals surface area contributed by atoms with Crippen LogP contribution in [0.4, 0.5) is 0 Å². The predicted molar refractivity (Wildman–Crippen MR) is 122 cm³/mol. The summed E-state index contributed by atoms with van der Waals surface area (Å²) in [6, 6.07) is 0.